The molecule has 3 nitrogen and oxygen atoms in total. The van der Waals surface area contributed by atoms with E-state index in [4.69, 9.17) is 11.5 Å². The van der Waals surface area contributed by atoms with Crippen LogP contribution in [0.3, 0.4) is 0 Å². The Labute approximate surface area is 116 Å². The largest absolute Gasteiger partial charge is 0.370 e. The van der Waals surface area contributed by atoms with Gasteiger partial charge in [-0.05, 0) is 35.8 Å². The molecule has 0 bridgehead atoms. The Kier molecular flexibility index (Phi) is 6.03. The van der Waals surface area contributed by atoms with Gasteiger partial charge >= 0.3 is 0 Å². The number of hydrogen-bond donors (Lipinski definition) is 2. The smallest absolute Gasteiger partial charge is 0.217 e. The fraction of sp³-hybridized carbons (Fsp3) is 0.562. The minimum Gasteiger partial charge on any atom is -0.370 e. The second-order valence-electron chi connectivity index (χ2n) is 5.59. The molecule has 0 aromatic heterocycles. The Bertz CT molecular complexity index is 400. The van der Waals surface area contributed by atoms with E-state index in [0.29, 0.717) is 12.3 Å². The van der Waals surface area contributed by atoms with Gasteiger partial charge in [-0.1, -0.05) is 45.0 Å². The number of nitrogens with two attached hydrogens (primary N) is 2. The Hall–Kier alpha value is -1.35. The van der Waals surface area contributed by atoms with Crippen LogP contribution in [0.25, 0.3) is 0 Å². The van der Waals surface area contributed by atoms with Crippen LogP contribution in [-0.4, -0.2) is 5.91 Å². The lowest BCUT2D eigenvalue weighted by Gasteiger charge is -2.17. The van der Waals surface area contributed by atoms with Crippen molar-refractivity contribution in [3.05, 3.63) is 35.4 Å². The van der Waals surface area contributed by atoms with Crippen LogP contribution >= 0.6 is 0 Å². The first-order chi connectivity index (χ1) is 8.93. The zero-order valence-corrected chi connectivity index (χ0v) is 12.2. The fourth-order valence-electron chi connectivity index (χ4n) is 2.30. The highest BCUT2D eigenvalue weighted by Gasteiger charge is 2.13. The van der Waals surface area contributed by atoms with Crippen molar-refractivity contribution >= 4 is 5.91 Å². The molecule has 4 N–H and O–H groups in total. The van der Waals surface area contributed by atoms with E-state index < -0.39 is 0 Å². The van der Waals surface area contributed by atoms with Gasteiger partial charge in [0, 0.05) is 12.5 Å². The molecule has 3 heteroatoms. The molecule has 1 aromatic carbocycles. The summed E-state index contributed by atoms with van der Waals surface area (Å²) >= 11 is 0. The van der Waals surface area contributed by atoms with Gasteiger partial charge in [0.05, 0.1) is 0 Å². The average Bonchev–Trinajstić information content (AvgIpc) is 2.36. The normalized spacial score (nSPS) is 15.8. The number of carbonyl (C=O) groups excluding carboxylic acids is 1. The summed E-state index contributed by atoms with van der Waals surface area (Å²) in [6, 6.07) is 8.48. The highest BCUT2D eigenvalue weighted by molar-refractivity contribution is 5.73. The Morgan fingerprint density at radius 1 is 1.16 bits per heavy atom. The van der Waals surface area contributed by atoms with Gasteiger partial charge in [0.1, 0.15) is 0 Å². The first-order valence-electron chi connectivity index (χ1n) is 7.07. The van der Waals surface area contributed by atoms with Gasteiger partial charge in [-0.2, -0.15) is 0 Å². The highest BCUT2D eigenvalue weighted by Crippen LogP contribution is 2.24. The van der Waals surface area contributed by atoms with Gasteiger partial charge in [-0.15, -0.1) is 0 Å². The third-order valence-electron chi connectivity index (χ3n) is 3.75. The number of benzene rings is 1. The predicted octanol–water partition coefficient (Wildman–Crippen LogP) is 3.10. The van der Waals surface area contributed by atoms with Crippen molar-refractivity contribution in [1.82, 2.24) is 0 Å². The van der Waals surface area contributed by atoms with E-state index in [9.17, 15) is 4.79 Å². The third kappa shape index (κ3) is 5.03. The van der Waals surface area contributed by atoms with E-state index in [1.54, 1.807) is 0 Å². The van der Waals surface area contributed by atoms with Gasteiger partial charge in [-0.3, -0.25) is 4.79 Å². The maximum Gasteiger partial charge on any atom is 0.217 e. The molecule has 0 saturated carbocycles. The summed E-state index contributed by atoms with van der Waals surface area (Å²) in [6.45, 7) is 6.43. The van der Waals surface area contributed by atoms with Crippen LogP contribution in [0.4, 0.5) is 0 Å². The molecular formula is C16H26N2O. The minimum absolute atomic E-state index is 0.0275. The van der Waals surface area contributed by atoms with Crippen LogP contribution in [0, 0.1) is 5.92 Å². The summed E-state index contributed by atoms with van der Waals surface area (Å²) in [7, 11) is 0. The molecule has 1 aromatic rings. The molecule has 0 heterocycles. The summed E-state index contributed by atoms with van der Waals surface area (Å²) in [5.41, 5.74) is 13.9. The molecule has 0 aliphatic rings. The number of hydrogen-bond acceptors (Lipinski definition) is 2. The van der Waals surface area contributed by atoms with Crippen LogP contribution in [0.1, 0.15) is 63.1 Å². The van der Waals surface area contributed by atoms with E-state index in [2.05, 4.69) is 38.1 Å². The number of primary amides is 1. The fourth-order valence-corrected chi connectivity index (χ4v) is 2.30. The molecule has 0 aliphatic heterocycles. The number of rotatable bonds is 7. The standard InChI is InChI=1S/C16H26N2O/c1-4-12(3)13-5-7-14(8-6-13)15(17)9-11(2)10-16(18)19/h5-8,11-12,15H,4,9-10,17H2,1-3H3,(H2,18,19). The van der Waals surface area contributed by atoms with Gasteiger partial charge in [0.2, 0.25) is 5.91 Å². The first-order valence-corrected chi connectivity index (χ1v) is 7.07. The van der Waals surface area contributed by atoms with Gasteiger partial charge in [-0.25, -0.2) is 0 Å². The maximum absolute atomic E-state index is 10.9. The molecule has 0 fully saturated rings. The quantitative estimate of drug-likeness (QED) is 0.792. The van der Waals surface area contributed by atoms with Crippen LogP contribution < -0.4 is 11.5 Å². The van der Waals surface area contributed by atoms with Crippen molar-refractivity contribution in [2.24, 2.45) is 17.4 Å². The number of amides is 1. The Morgan fingerprint density at radius 3 is 2.16 bits per heavy atom. The average molecular weight is 262 g/mol. The molecule has 0 radical (unpaired) electrons. The molecule has 3 atom stereocenters. The molecule has 1 rings (SSSR count). The van der Waals surface area contributed by atoms with E-state index in [1.165, 1.54) is 5.56 Å². The monoisotopic (exact) mass is 262 g/mol. The van der Waals surface area contributed by atoms with Crippen molar-refractivity contribution in [3.8, 4) is 0 Å². The molecule has 0 aliphatic carbocycles. The van der Waals surface area contributed by atoms with Gasteiger partial charge in [0.15, 0.2) is 0 Å². The van der Waals surface area contributed by atoms with Crippen molar-refractivity contribution in [1.29, 1.82) is 0 Å². The molecule has 1 amide bonds. The van der Waals surface area contributed by atoms with Crippen LogP contribution in [0.15, 0.2) is 24.3 Å². The molecular weight excluding hydrogens is 236 g/mol. The van der Waals surface area contributed by atoms with Crippen molar-refractivity contribution in [2.45, 2.75) is 52.0 Å². The second-order valence-corrected chi connectivity index (χ2v) is 5.59. The second kappa shape index (κ2) is 7.29. The maximum atomic E-state index is 10.9. The summed E-state index contributed by atoms with van der Waals surface area (Å²) in [6.07, 6.45) is 2.32. The highest BCUT2D eigenvalue weighted by atomic mass is 16.1. The summed E-state index contributed by atoms with van der Waals surface area (Å²) < 4.78 is 0. The Balaban J connectivity index is 2.62. The van der Waals surface area contributed by atoms with Crippen molar-refractivity contribution < 1.29 is 4.79 Å². The van der Waals surface area contributed by atoms with Crippen LogP contribution in [0.2, 0.25) is 0 Å². The SMILES string of the molecule is CCC(C)c1ccc(C(N)CC(C)CC(N)=O)cc1. The van der Waals surface area contributed by atoms with Crippen molar-refractivity contribution in [2.75, 3.05) is 0 Å². The van der Waals surface area contributed by atoms with E-state index in [0.717, 1.165) is 18.4 Å². The van der Waals surface area contributed by atoms with Crippen LogP contribution in [0.5, 0.6) is 0 Å². The lowest BCUT2D eigenvalue weighted by molar-refractivity contribution is -0.118. The van der Waals surface area contributed by atoms with Crippen LogP contribution in [-0.2, 0) is 4.79 Å². The molecule has 106 valence electrons. The molecule has 0 saturated heterocycles. The molecule has 19 heavy (non-hydrogen) atoms. The zero-order valence-electron chi connectivity index (χ0n) is 12.2. The van der Waals surface area contributed by atoms with E-state index in [-0.39, 0.29) is 17.9 Å². The van der Waals surface area contributed by atoms with Crippen molar-refractivity contribution in [3.63, 3.8) is 0 Å². The minimum atomic E-state index is -0.258. The molecule has 0 spiro atoms. The topological polar surface area (TPSA) is 69.1 Å². The predicted molar refractivity (Wildman–Crippen MR) is 79.7 cm³/mol. The zero-order chi connectivity index (χ0) is 14.4. The first kappa shape index (κ1) is 15.7. The summed E-state index contributed by atoms with van der Waals surface area (Å²) in [5, 5.41) is 0. The van der Waals surface area contributed by atoms with E-state index >= 15 is 0 Å². The third-order valence-corrected chi connectivity index (χ3v) is 3.75. The lowest BCUT2D eigenvalue weighted by Crippen LogP contribution is -2.19. The summed E-state index contributed by atoms with van der Waals surface area (Å²) in [4.78, 5) is 10.9. The summed E-state index contributed by atoms with van der Waals surface area (Å²) in [5.74, 6) is 0.549. The molecule has 3 unspecified atom stereocenters. The Morgan fingerprint density at radius 2 is 1.68 bits per heavy atom. The van der Waals surface area contributed by atoms with Gasteiger partial charge < -0.3 is 11.5 Å². The lowest BCUT2D eigenvalue weighted by atomic mass is 9.92. The van der Waals surface area contributed by atoms with E-state index in [1.807, 2.05) is 6.92 Å². The number of carbonyl (C=O) groups is 1. The van der Waals surface area contributed by atoms with Gasteiger partial charge in [0.25, 0.3) is 0 Å².